The van der Waals surface area contributed by atoms with E-state index in [0.717, 1.165) is 38.5 Å². The quantitative estimate of drug-likeness (QED) is 0.0357. The van der Waals surface area contributed by atoms with Crippen molar-refractivity contribution >= 4 is 13.7 Å². The predicted molar refractivity (Wildman–Crippen MR) is 307 cm³/mol. The second-order valence-corrected chi connectivity index (χ2v) is 24.9. The molecule has 0 spiro atoms. The van der Waals surface area contributed by atoms with E-state index in [2.05, 4.69) is 19.2 Å². The van der Waals surface area contributed by atoms with Crippen LogP contribution in [0.3, 0.4) is 0 Å². The molecule has 1 amide bonds. The van der Waals surface area contributed by atoms with Gasteiger partial charge >= 0.3 is 0 Å². The lowest BCUT2D eigenvalue weighted by Gasteiger charge is -2.30. The normalized spacial score (nSPS) is 13.7. The van der Waals surface area contributed by atoms with Gasteiger partial charge in [-0.1, -0.05) is 322 Å². The molecule has 8 nitrogen and oxygen atoms in total. The molecule has 0 heterocycles. The number of nitrogens with one attached hydrogen (secondary N) is 1. The number of phosphoric ester groups is 1. The molecule has 0 radical (unpaired) electrons. The van der Waals surface area contributed by atoms with Crippen molar-refractivity contribution in [2.75, 3.05) is 40.9 Å². The first-order valence-electron chi connectivity index (χ1n) is 31.9. The lowest BCUT2D eigenvalue weighted by atomic mass is 10.0. The Labute approximate surface area is 444 Å². The highest BCUT2D eigenvalue weighted by molar-refractivity contribution is 7.45. The lowest BCUT2D eigenvalue weighted by Crippen LogP contribution is -2.46. The van der Waals surface area contributed by atoms with Crippen LogP contribution in [0.4, 0.5) is 0 Å². The molecule has 0 aromatic rings. The summed E-state index contributed by atoms with van der Waals surface area (Å²) in [4.78, 5) is 25.5. The largest absolute Gasteiger partial charge is 0.756 e. The number of hydrogen-bond donors (Lipinski definition) is 2. The summed E-state index contributed by atoms with van der Waals surface area (Å²) < 4.78 is 23.5. The fourth-order valence-corrected chi connectivity index (χ4v) is 10.8. The van der Waals surface area contributed by atoms with Gasteiger partial charge in [-0.15, -0.1) is 0 Å². The molecule has 0 aliphatic heterocycles. The van der Waals surface area contributed by atoms with Crippen LogP contribution in [0.1, 0.15) is 341 Å². The Morgan fingerprint density at radius 3 is 0.958 bits per heavy atom. The molecular formula is C62H127N2O6P. The van der Waals surface area contributed by atoms with Crippen LogP contribution in [-0.2, 0) is 18.4 Å². The number of aliphatic hydroxyl groups excluding tert-OH is 1. The van der Waals surface area contributed by atoms with Gasteiger partial charge < -0.3 is 28.8 Å². The van der Waals surface area contributed by atoms with Crippen LogP contribution in [0.15, 0.2) is 0 Å². The van der Waals surface area contributed by atoms with Crippen LogP contribution in [0.2, 0.25) is 0 Å². The first-order valence-corrected chi connectivity index (χ1v) is 33.3. The highest BCUT2D eigenvalue weighted by Gasteiger charge is 2.24. The minimum Gasteiger partial charge on any atom is -0.756 e. The van der Waals surface area contributed by atoms with E-state index >= 15 is 0 Å². The average molecular weight is 1030 g/mol. The second-order valence-electron chi connectivity index (χ2n) is 23.5. The zero-order valence-corrected chi connectivity index (χ0v) is 49.6. The average Bonchev–Trinajstić information content (AvgIpc) is 3.33. The summed E-state index contributed by atoms with van der Waals surface area (Å²) in [7, 11) is 1.33. The smallest absolute Gasteiger partial charge is 0.268 e. The van der Waals surface area contributed by atoms with E-state index in [4.69, 9.17) is 9.05 Å². The molecule has 426 valence electrons. The molecule has 9 heteroatoms. The molecule has 71 heavy (non-hydrogen) atoms. The van der Waals surface area contributed by atoms with E-state index < -0.39 is 20.0 Å². The monoisotopic (exact) mass is 1030 g/mol. The number of nitrogens with zero attached hydrogens (tertiary/aromatic N) is 1. The topological polar surface area (TPSA) is 108 Å². The van der Waals surface area contributed by atoms with E-state index in [9.17, 15) is 19.4 Å². The molecule has 0 saturated heterocycles. The van der Waals surface area contributed by atoms with Crippen LogP contribution in [0, 0.1) is 0 Å². The number of phosphoric acid groups is 1. The maximum atomic E-state index is 13.0. The summed E-state index contributed by atoms with van der Waals surface area (Å²) in [5, 5.41) is 14.1. The Morgan fingerprint density at radius 1 is 0.437 bits per heavy atom. The second kappa shape index (κ2) is 54.3. The molecule has 0 aliphatic carbocycles. The zero-order chi connectivity index (χ0) is 52.0. The van der Waals surface area contributed by atoms with Crippen molar-refractivity contribution in [3.63, 3.8) is 0 Å². The van der Waals surface area contributed by atoms with E-state index in [1.807, 2.05) is 21.1 Å². The van der Waals surface area contributed by atoms with Gasteiger partial charge in [-0.3, -0.25) is 9.36 Å². The summed E-state index contributed by atoms with van der Waals surface area (Å²) >= 11 is 0. The van der Waals surface area contributed by atoms with E-state index in [1.54, 1.807) is 0 Å². The highest BCUT2D eigenvalue weighted by Crippen LogP contribution is 2.38. The van der Waals surface area contributed by atoms with E-state index in [-0.39, 0.29) is 19.1 Å². The van der Waals surface area contributed by atoms with Crippen molar-refractivity contribution in [2.24, 2.45) is 0 Å². The number of quaternary nitrogens is 1. The maximum Gasteiger partial charge on any atom is 0.268 e. The Kier molecular flexibility index (Phi) is 53.9. The Morgan fingerprint density at radius 2 is 0.690 bits per heavy atom. The van der Waals surface area contributed by atoms with Crippen LogP contribution in [-0.4, -0.2) is 68.5 Å². The predicted octanol–water partition coefficient (Wildman–Crippen LogP) is 19.0. The van der Waals surface area contributed by atoms with Crippen LogP contribution in [0.25, 0.3) is 0 Å². The molecule has 0 bridgehead atoms. The van der Waals surface area contributed by atoms with Crippen LogP contribution in [0.5, 0.6) is 0 Å². The van der Waals surface area contributed by atoms with Gasteiger partial charge in [0.15, 0.2) is 0 Å². The number of amides is 1. The molecule has 0 fully saturated rings. The van der Waals surface area contributed by atoms with Crippen molar-refractivity contribution in [2.45, 2.75) is 353 Å². The SMILES string of the molecule is CCCCCCCCCCCCCCCCCCCCCCCCCCCCCCCCCCC(O)C(COP(=O)([O-])OCC[N+](C)(C)C)NC(=O)CCCCCCCCCCCCCCCCCCC. The lowest BCUT2D eigenvalue weighted by molar-refractivity contribution is -0.870. The van der Waals surface area contributed by atoms with Crippen molar-refractivity contribution in [1.29, 1.82) is 0 Å². The molecule has 0 aromatic heterocycles. The molecule has 2 N–H and O–H groups in total. The van der Waals surface area contributed by atoms with Gasteiger partial charge in [0.25, 0.3) is 7.82 Å². The van der Waals surface area contributed by atoms with Crippen molar-refractivity contribution in [3.8, 4) is 0 Å². The summed E-state index contributed by atoms with van der Waals surface area (Å²) in [5.41, 5.74) is 0. The van der Waals surface area contributed by atoms with Crippen molar-refractivity contribution in [1.82, 2.24) is 5.32 Å². The number of aliphatic hydroxyl groups is 1. The third-order valence-electron chi connectivity index (χ3n) is 15.1. The van der Waals surface area contributed by atoms with Crippen LogP contribution < -0.4 is 10.2 Å². The molecule has 0 aliphatic rings. The number of carbonyl (C=O) groups excluding carboxylic acids is 1. The number of likely N-dealkylation sites (N-methyl/N-ethyl adjacent to an activating group) is 1. The van der Waals surface area contributed by atoms with Gasteiger partial charge in [0.05, 0.1) is 39.9 Å². The van der Waals surface area contributed by atoms with Crippen molar-refractivity contribution in [3.05, 3.63) is 0 Å². The highest BCUT2D eigenvalue weighted by atomic mass is 31.2. The summed E-state index contributed by atoms with van der Waals surface area (Å²) in [6.45, 7) is 4.78. The molecule has 0 saturated carbocycles. The first-order chi connectivity index (χ1) is 34.5. The first kappa shape index (κ1) is 70.5. The Hall–Kier alpha value is -0.500. The summed E-state index contributed by atoms with van der Waals surface area (Å²) in [6.07, 6.45) is 65.9. The van der Waals surface area contributed by atoms with E-state index in [1.165, 1.54) is 276 Å². The number of hydrogen-bond acceptors (Lipinski definition) is 6. The molecule has 0 aromatic carbocycles. The minimum atomic E-state index is -4.57. The number of rotatable bonds is 60. The van der Waals surface area contributed by atoms with Gasteiger partial charge in [0.1, 0.15) is 13.2 Å². The molecule has 0 rings (SSSR count). The third-order valence-corrected chi connectivity index (χ3v) is 16.1. The van der Waals surface area contributed by atoms with Gasteiger partial charge in [-0.05, 0) is 12.8 Å². The molecule has 3 unspecified atom stereocenters. The number of unbranched alkanes of at least 4 members (excludes halogenated alkanes) is 47. The summed E-state index contributed by atoms with van der Waals surface area (Å²) in [5.74, 6) is -0.156. The standard InChI is InChI=1S/C62H127N2O6P/c1-6-8-10-12-14-16-18-20-22-24-25-26-27-28-29-30-31-32-33-34-35-36-37-38-40-41-43-45-47-49-51-53-55-61(65)60(59-70-71(67,68)69-58-57-64(3,4)5)63-62(66)56-54-52-50-48-46-44-42-39-23-21-19-17-15-13-11-9-7-2/h60-61,65H,6-59H2,1-5H3,(H-,63,66,67,68). The van der Waals surface area contributed by atoms with Gasteiger partial charge in [-0.2, -0.15) is 0 Å². The van der Waals surface area contributed by atoms with Gasteiger partial charge in [-0.25, -0.2) is 0 Å². The van der Waals surface area contributed by atoms with Gasteiger partial charge in [0.2, 0.25) is 5.91 Å². The maximum absolute atomic E-state index is 13.0. The molecule has 3 atom stereocenters. The van der Waals surface area contributed by atoms with Crippen LogP contribution >= 0.6 is 7.82 Å². The Balaban J connectivity index is 3.98. The fraction of sp³-hybridized carbons (Fsp3) is 0.984. The third kappa shape index (κ3) is 57.1. The Bertz CT molecular complexity index is 1120. The number of carbonyl (C=O) groups is 1. The van der Waals surface area contributed by atoms with E-state index in [0.29, 0.717) is 23.9 Å². The van der Waals surface area contributed by atoms with Crippen molar-refractivity contribution < 1.29 is 32.9 Å². The minimum absolute atomic E-state index is 0.0167. The summed E-state index contributed by atoms with van der Waals surface area (Å²) in [6, 6.07) is -0.795. The zero-order valence-electron chi connectivity index (χ0n) is 48.7. The fourth-order valence-electron chi connectivity index (χ4n) is 10.1. The van der Waals surface area contributed by atoms with Gasteiger partial charge in [0, 0.05) is 6.42 Å². The molecular weight excluding hydrogens is 900 g/mol.